The Morgan fingerprint density at radius 3 is 2.28 bits per heavy atom. The molecule has 0 aliphatic carbocycles. The fourth-order valence-electron chi connectivity index (χ4n) is 4.19. The van der Waals surface area contributed by atoms with Crippen molar-refractivity contribution in [3.63, 3.8) is 0 Å². The van der Waals surface area contributed by atoms with Gasteiger partial charge in [-0.2, -0.15) is 0 Å². The first-order valence-corrected chi connectivity index (χ1v) is 9.53. The van der Waals surface area contributed by atoms with E-state index in [1.54, 1.807) is 18.2 Å². The van der Waals surface area contributed by atoms with Crippen LogP contribution in [0.25, 0.3) is 16.6 Å². The molecular weight excluding hydrogens is 390 g/mol. The van der Waals surface area contributed by atoms with Crippen molar-refractivity contribution in [3.05, 3.63) is 101 Å². The maximum absolute atomic E-state index is 14.0. The molecule has 1 aliphatic heterocycles. The van der Waals surface area contributed by atoms with Gasteiger partial charge >= 0.3 is 0 Å². The van der Waals surface area contributed by atoms with Gasteiger partial charge in [0, 0.05) is 36.4 Å². The molecule has 5 rings (SSSR count). The summed E-state index contributed by atoms with van der Waals surface area (Å²) < 4.78 is 29.5. The van der Waals surface area contributed by atoms with Crippen LogP contribution in [0.15, 0.2) is 72.8 Å². The van der Waals surface area contributed by atoms with Crippen molar-refractivity contribution < 1.29 is 8.78 Å². The Hall–Kier alpha value is -2.69. The molecule has 0 bridgehead atoms. The molecule has 1 aromatic heterocycles. The van der Waals surface area contributed by atoms with Gasteiger partial charge in [0.05, 0.1) is 5.52 Å². The number of rotatable bonds is 4. The molecule has 0 amide bonds. The average molecular weight is 411 g/mol. The molecule has 0 fully saturated rings. The molecule has 29 heavy (non-hydrogen) atoms. The van der Waals surface area contributed by atoms with Gasteiger partial charge in [0.2, 0.25) is 0 Å². The Morgan fingerprint density at radius 1 is 0.793 bits per heavy atom. The maximum Gasteiger partial charge on any atom is 0.123 e. The summed E-state index contributed by atoms with van der Waals surface area (Å²) in [5, 5.41) is 0.946. The Morgan fingerprint density at radius 2 is 1.52 bits per heavy atom. The smallest absolute Gasteiger partial charge is 0.123 e. The minimum absolute atomic E-state index is 0. The molecule has 1 aliphatic rings. The number of fused-ring (bicyclic) bond motifs is 3. The summed E-state index contributed by atoms with van der Waals surface area (Å²) in [7, 11) is 0. The summed E-state index contributed by atoms with van der Waals surface area (Å²) in [5.41, 5.74) is 5.54. The highest BCUT2D eigenvalue weighted by atomic mass is 35.5. The number of hydrogen-bond donors (Lipinski definition) is 0. The van der Waals surface area contributed by atoms with Crippen LogP contribution >= 0.6 is 12.4 Å². The van der Waals surface area contributed by atoms with E-state index in [4.69, 9.17) is 0 Å². The molecule has 0 saturated heterocycles. The monoisotopic (exact) mass is 410 g/mol. The van der Waals surface area contributed by atoms with Gasteiger partial charge < -0.3 is 4.57 Å². The Balaban J connectivity index is 0.00000205. The van der Waals surface area contributed by atoms with E-state index in [0.717, 1.165) is 42.6 Å². The van der Waals surface area contributed by atoms with Crippen LogP contribution in [0.1, 0.15) is 16.8 Å². The number of benzene rings is 3. The van der Waals surface area contributed by atoms with E-state index in [-0.39, 0.29) is 24.0 Å². The molecule has 0 saturated carbocycles. The Kier molecular flexibility index (Phi) is 5.39. The van der Waals surface area contributed by atoms with Crippen molar-refractivity contribution >= 4 is 23.3 Å². The molecule has 0 spiro atoms. The van der Waals surface area contributed by atoms with Gasteiger partial charge in [0.25, 0.3) is 0 Å². The fraction of sp³-hybridized carbons (Fsp3) is 0.167. The van der Waals surface area contributed by atoms with E-state index >= 15 is 0 Å². The molecule has 0 radical (unpaired) electrons. The zero-order valence-corrected chi connectivity index (χ0v) is 16.6. The average Bonchev–Trinajstić information content (AvgIpc) is 3.25. The number of aromatic nitrogens is 1. The summed E-state index contributed by atoms with van der Waals surface area (Å²) in [6.45, 7) is 2.55. The number of halogens is 3. The van der Waals surface area contributed by atoms with Crippen LogP contribution in [-0.2, 0) is 19.5 Å². The first kappa shape index (κ1) is 19.6. The van der Waals surface area contributed by atoms with E-state index in [2.05, 4.69) is 33.7 Å². The third-order valence-corrected chi connectivity index (χ3v) is 5.54. The maximum atomic E-state index is 14.0. The number of hydrogen-bond acceptors (Lipinski definition) is 1. The van der Waals surface area contributed by atoms with Gasteiger partial charge in [-0.25, -0.2) is 8.78 Å². The molecular formula is C24H21ClF2N2. The molecule has 148 valence electrons. The second kappa shape index (κ2) is 7.97. The summed E-state index contributed by atoms with van der Waals surface area (Å²) in [5.74, 6) is -0.485. The van der Waals surface area contributed by atoms with Crippen LogP contribution < -0.4 is 0 Å². The van der Waals surface area contributed by atoms with Crippen molar-refractivity contribution in [2.24, 2.45) is 0 Å². The van der Waals surface area contributed by atoms with Gasteiger partial charge in [-0.1, -0.05) is 30.3 Å². The van der Waals surface area contributed by atoms with Gasteiger partial charge in [0.15, 0.2) is 0 Å². The molecule has 0 N–H and O–H groups in total. The van der Waals surface area contributed by atoms with Crippen LogP contribution in [0.4, 0.5) is 8.78 Å². The van der Waals surface area contributed by atoms with Crippen molar-refractivity contribution in [3.8, 4) is 5.69 Å². The molecule has 0 atom stereocenters. The minimum atomic E-state index is -0.257. The van der Waals surface area contributed by atoms with Crippen molar-refractivity contribution in [2.75, 3.05) is 6.54 Å². The Labute approximate surface area is 174 Å². The summed E-state index contributed by atoms with van der Waals surface area (Å²) in [4.78, 5) is 2.39. The van der Waals surface area contributed by atoms with Gasteiger partial charge in [0.1, 0.15) is 11.6 Å². The van der Waals surface area contributed by atoms with E-state index in [1.807, 2.05) is 12.1 Å². The highest BCUT2D eigenvalue weighted by Gasteiger charge is 2.27. The van der Waals surface area contributed by atoms with Crippen LogP contribution in [0.5, 0.6) is 0 Å². The molecule has 2 nitrogen and oxygen atoms in total. The van der Waals surface area contributed by atoms with Crippen molar-refractivity contribution in [1.29, 1.82) is 0 Å². The zero-order valence-electron chi connectivity index (χ0n) is 15.8. The van der Waals surface area contributed by atoms with Gasteiger partial charge in [-0.3, -0.25) is 4.90 Å². The minimum Gasteiger partial charge on any atom is -0.312 e. The van der Waals surface area contributed by atoms with Crippen LogP contribution in [0.2, 0.25) is 0 Å². The Bertz CT molecular complexity index is 1140. The fourth-order valence-corrected chi connectivity index (χ4v) is 4.19. The molecule has 4 aromatic rings. The largest absolute Gasteiger partial charge is 0.312 e. The lowest BCUT2D eigenvalue weighted by Crippen LogP contribution is -2.20. The molecule has 2 heterocycles. The summed E-state index contributed by atoms with van der Waals surface area (Å²) >= 11 is 0. The van der Waals surface area contributed by atoms with Crippen LogP contribution in [-0.4, -0.2) is 16.0 Å². The predicted molar refractivity (Wildman–Crippen MR) is 115 cm³/mol. The lowest BCUT2D eigenvalue weighted by molar-refractivity contribution is 0.285. The van der Waals surface area contributed by atoms with Crippen molar-refractivity contribution in [1.82, 2.24) is 9.47 Å². The molecule has 3 aromatic carbocycles. The van der Waals surface area contributed by atoms with Gasteiger partial charge in [-0.05, 0) is 60.0 Å². The predicted octanol–water partition coefficient (Wildman–Crippen LogP) is 5.89. The van der Waals surface area contributed by atoms with Gasteiger partial charge in [-0.15, -0.1) is 12.4 Å². The summed E-state index contributed by atoms with van der Waals surface area (Å²) in [6.07, 6.45) is 0.980. The third kappa shape index (κ3) is 3.66. The first-order valence-electron chi connectivity index (χ1n) is 9.53. The van der Waals surface area contributed by atoms with E-state index < -0.39 is 0 Å². The zero-order chi connectivity index (χ0) is 19.1. The standard InChI is InChI=1S/C24H20F2N2.ClH/c25-18-6-9-20(10-7-18)28-23-11-8-19(26)14-21(23)22-15-27(16-24(22)28)13-12-17-4-2-1-3-5-17;/h1-11,14H,12-13,15-16H2;1H. The van der Waals surface area contributed by atoms with Crippen LogP contribution in [0, 0.1) is 11.6 Å². The second-order valence-electron chi connectivity index (χ2n) is 7.34. The number of nitrogens with zero attached hydrogens (tertiary/aromatic N) is 2. The van der Waals surface area contributed by atoms with E-state index in [9.17, 15) is 8.78 Å². The topological polar surface area (TPSA) is 8.17 Å². The lowest BCUT2D eigenvalue weighted by atomic mass is 10.1. The normalized spacial score (nSPS) is 13.4. The quantitative estimate of drug-likeness (QED) is 0.407. The van der Waals surface area contributed by atoms with E-state index in [1.165, 1.54) is 35.0 Å². The molecule has 5 heteroatoms. The van der Waals surface area contributed by atoms with E-state index in [0.29, 0.717) is 0 Å². The molecule has 0 unspecified atom stereocenters. The first-order chi connectivity index (χ1) is 13.7. The van der Waals surface area contributed by atoms with Crippen molar-refractivity contribution in [2.45, 2.75) is 19.5 Å². The lowest BCUT2D eigenvalue weighted by Gasteiger charge is -2.17. The SMILES string of the molecule is Cl.Fc1ccc(-n2c3c(c4cc(F)ccc42)CN(CCc2ccccc2)C3)cc1. The summed E-state index contributed by atoms with van der Waals surface area (Å²) in [6, 6.07) is 21.9. The highest BCUT2D eigenvalue weighted by Crippen LogP contribution is 2.36. The second-order valence-corrected chi connectivity index (χ2v) is 7.34. The third-order valence-electron chi connectivity index (χ3n) is 5.54. The highest BCUT2D eigenvalue weighted by molar-refractivity contribution is 5.88. The van der Waals surface area contributed by atoms with Crippen LogP contribution in [0.3, 0.4) is 0 Å².